The lowest BCUT2D eigenvalue weighted by Crippen LogP contribution is -2.23. The predicted molar refractivity (Wildman–Crippen MR) is 78.2 cm³/mol. The molecule has 0 unspecified atom stereocenters. The van der Waals surface area contributed by atoms with Crippen molar-refractivity contribution in [2.75, 3.05) is 0 Å². The quantitative estimate of drug-likeness (QED) is 0.776. The van der Waals surface area contributed by atoms with Crippen molar-refractivity contribution in [3.63, 3.8) is 0 Å². The largest absolute Gasteiger partial charge is 0.344 e. The van der Waals surface area contributed by atoms with E-state index in [1.807, 2.05) is 30.3 Å². The Hall–Kier alpha value is -2.67. The topological polar surface area (TPSA) is 85.8 Å². The van der Waals surface area contributed by atoms with Crippen LogP contribution in [-0.4, -0.2) is 25.8 Å². The van der Waals surface area contributed by atoms with E-state index in [9.17, 15) is 4.79 Å². The van der Waals surface area contributed by atoms with Crippen LogP contribution in [0.2, 0.25) is 5.02 Å². The number of hydrogen-bond acceptors (Lipinski definition) is 5. The van der Waals surface area contributed by atoms with E-state index in [4.69, 9.17) is 16.1 Å². The van der Waals surface area contributed by atoms with Crippen molar-refractivity contribution < 1.29 is 9.32 Å². The second-order valence-electron chi connectivity index (χ2n) is 4.54. The zero-order valence-corrected chi connectivity index (χ0v) is 12.2. The van der Waals surface area contributed by atoms with E-state index in [-0.39, 0.29) is 12.4 Å². The van der Waals surface area contributed by atoms with Crippen LogP contribution < -0.4 is 5.32 Å². The number of benzene rings is 1. The molecule has 7 nitrogen and oxygen atoms in total. The highest BCUT2D eigenvalue weighted by Crippen LogP contribution is 2.07. The molecule has 0 spiro atoms. The first kappa shape index (κ1) is 14.3. The third kappa shape index (κ3) is 3.50. The molecule has 0 radical (unpaired) electrons. The Bertz CT molecular complexity index is 768. The Morgan fingerprint density at radius 1 is 1.32 bits per heavy atom. The number of rotatable bonds is 5. The monoisotopic (exact) mass is 317 g/mol. The van der Waals surface area contributed by atoms with Crippen molar-refractivity contribution in [1.29, 1.82) is 0 Å². The Kier molecular flexibility index (Phi) is 4.15. The number of carbonyl (C=O) groups excluding carboxylic acids is 1. The van der Waals surface area contributed by atoms with Crippen LogP contribution in [-0.2, 0) is 13.1 Å². The van der Waals surface area contributed by atoms with Crippen molar-refractivity contribution in [3.05, 3.63) is 65.0 Å². The average molecular weight is 318 g/mol. The summed E-state index contributed by atoms with van der Waals surface area (Å²) in [4.78, 5) is 16.0. The summed E-state index contributed by atoms with van der Waals surface area (Å²) in [6.45, 7) is 0.675. The predicted octanol–water partition coefficient (Wildman–Crippen LogP) is 1.90. The molecule has 0 fully saturated rings. The van der Waals surface area contributed by atoms with Crippen LogP contribution in [0.15, 0.2) is 47.2 Å². The van der Waals surface area contributed by atoms with Gasteiger partial charge in [0.25, 0.3) is 0 Å². The molecule has 0 bridgehead atoms. The molecule has 1 amide bonds. The lowest BCUT2D eigenvalue weighted by Gasteiger charge is -2.01. The third-order valence-electron chi connectivity index (χ3n) is 2.86. The molecule has 0 aliphatic heterocycles. The van der Waals surface area contributed by atoms with Gasteiger partial charge in [0.2, 0.25) is 0 Å². The summed E-state index contributed by atoms with van der Waals surface area (Å²) in [6.07, 6.45) is 3.14. The molecular formula is C14H12ClN5O2. The fraction of sp³-hybridized carbons (Fsp3) is 0.143. The summed E-state index contributed by atoms with van der Waals surface area (Å²) in [5.41, 5.74) is 0.988. The zero-order valence-electron chi connectivity index (χ0n) is 11.4. The van der Waals surface area contributed by atoms with Gasteiger partial charge >= 0.3 is 11.8 Å². The molecule has 2 aromatic heterocycles. The van der Waals surface area contributed by atoms with E-state index >= 15 is 0 Å². The maximum Gasteiger partial charge on any atom is 0.316 e. The maximum absolute atomic E-state index is 11.9. The zero-order chi connectivity index (χ0) is 15.4. The molecule has 8 heteroatoms. The molecule has 1 aromatic carbocycles. The molecule has 1 N–H and O–H groups in total. The van der Waals surface area contributed by atoms with Gasteiger partial charge < -0.3 is 9.84 Å². The van der Waals surface area contributed by atoms with Crippen LogP contribution in [0, 0.1) is 0 Å². The van der Waals surface area contributed by atoms with E-state index in [2.05, 4.69) is 20.6 Å². The van der Waals surface area contributed by atoms with Gasteiger partial charge in [0.1, 0.15) is 6.54 Å². The number of amides is 1. The first-order valence-electron chi connectivity index (χ1n) is 6.53. The van der Waals surface area contributed by atoms with Crippen LogP contribution in [0.4, 0.5) is 0 Å². The second kappa shape index (κ2) is 6.40. The summed E-state index contributed by atoms with van der Waals surface area (Å²) in [5, 5.41) is 11.0. The van der Waals surface area contributed by atoms with Gasteiger partial charge in [0.05, 0.1) is 11.2 Å². The molecule has 0 saturated carbocycles. The molecule has 112 valence electrons. The van der Waals surface area contributed by atoms with Crippen LogP contribution >= 0.6 is 11.6 Å². The highest BCUT2D eigenvalue weighted by Gasteiger charge is 2.15. The van der Waals surface area contributed by atoms with Gasteiger partial charge in [-0.2, -0.15) is 10.1 Å². The van der Waals surface area contributed by atoms with E-state index in [0.717, 1.165) is 5.56 Å². The van der Waals surface area contributed by atoms with Crippen molar-refractivity contribution >= 4 is 17.5 Å². The highest BCUT2D eigenvalue weighted by atomic mass is 35.5. The molecule has 2 heterocycles. The second-order valence-corrected chi connectivity index (χ2v) is 4.98. The summed E-state index contributed by atoms with van der Waals surface area (Å²) >= 11 is 5.77. The number of aromatic nitrogens is 4. The van der Waals surface area contributed by atoms with E-state index in [0.29, 0.717) is 17.4 Å². The smallest absolute Gasteiger partial charge is 0.316 e. The SMILES string of the molecule is O=C(NCc1ccccc1)c1nc(Cn2cc(Cl)cn2)no1. The van der Waals surface area contributed by atoms with Crippen LogP contribution in [0.25, 0.3) is 0 Å². The molecule has 3 rings (SSSR count). The molecule has 0 aliphatic rings. The summed E-state index contributed by atoms with van der Waals surface area (Å²) in [5.74, 6) is -0.144. The minimum atomic E-state index is -0.416. The van der Waals surface area contributed by atoms with Gasteiger partial charge in [0, 0.05) is 12.7 Å². The molecule has 3 aromatic rings. The van der Waals surface area contributed by atoms with Crippen LogP contribution in [0.1, 0.15) is 22.1 Å². The van der Waals surface area contributed by atoms with E-state index in [1.54, 1.807) is 10.9 Å². The fourth-order valence-electron chi connectivity index (χ4n) is 1.83. The van der Waals surface area contributed by atoms with Gasteiger partial charge in [-0.1, -0.05) is 47.1 Å². The fourth-order valence-corrected chi connectivity index (χ4v) is 1.99. The third-order valence-corrected chi connectivity index (χ3v) is 3.06. The maximum atomic E-state index is 11.9. The van der Waals surface area contributed by atoms with Crippen molar-refractivity contribution in [2.45, 2.75) is 13.1 Å². The molecule has 22 heavy (non-hydrogen) atoms. The van der Waals surface area contributed by atoms with Crippen molar-refractivity contribution in [3.8, 4) is 0 Å². The molecule has 0 atom stereocenters. The minimum Gasteiger partial charge on any atom is -0.344 e. The lowest BCUT2D eigenvalue weighted by molar-refractivity contribution is 0.0907. The Morgan fingerprint density at radius 3 is 2.86 bits per heavy atom. The normalized spacial score (nSPS) is 10.6. The number of carbonyl (C=O) groups is 1. The van der Waals surface area contributed by atoms with Gasteiger partial charge in [-0.15, -0.1) is 0 Å². The van der Waals surface area contributed by atoms with Gasteiger partial charge in [0.15, 0.2) is 5.82 Å². The van der Waals surface area contributed by atoms with Gasteiger partial charge in [-0.3, -0.25) is 9.48 Å². The number of nitrogens with one attached hydrogen (secondary N) is 1. The Morgan fingerprint density at radius 2 is 2.14 bits per heavy atom. The number of hydrogen-bond donors (Lipinski definition) is 1. The van der Waals surface area contributed by atoms with Crippen molar-refractivity contribution in [1.82, 2.24) is 25.2 Å². The summed E-state index contributed by atoms with van der Waals surface area (Å²) in [7, 11) is 0. The lowest BCUT2D eigenvalue weighted by atomic mass is 10.2. The first-order valence-corrected chi connectivity index (χ1v) is 6.91. The number of nitrogens with zero attached hydrogens (tertiary/aromatic N) is 4. The molecular weight excluding hydrogens is 306 g/mol. The summed E-state index contributed by atoms with van der Waals surface area (Å²) < 4.78 is 6.50. The van der Waals surface area contributed by atoms with Gasteiger partial charge in [-0.05, 0) is 5.56 Å². The Balaban J connectivity index is 1.59. The Labute approximate surface area is 130 Å². The minimum absolute atomic E-state index is 0.0795. The molecule has 0 aliphatic carbocycles. The molecule has 0 saturated heterocycles. The standard InChI is InChI=1S/C14H12ClN5O2/c15-11-7-17-20(8-11)9-12-18-14(22-19-12)13(21)16-6-10-4-2-1-3-5-10/h1-5,7-8H,6,9H2,(H,16,21). The summed E-state index contributed by atoms with van der Waals surface area (Å²) in [6, 6.07) is 9.56. The van der Waals surface area contributed by atoms with Crippen LogP contribution in [0.3, 0.4) is 0 Å². The van der Waals surface area contributed by atoms with Crippen LogP contribution in [0.5, 0.6) is 0 Å². The van der Waals surface area contributed by atoms with Gasteiger partial charge in [-0.25, -0.2) is 0 Å². The van der Waals surface area contributed by atoms with E-state index < -0.39 is 5.91 Å². The average Bonchev–Trinajstić information content (AvgIpc) is 3.16. The van der Waals surface area contributed by atoms with Crippen molar-refractivity contribution in [2.24, 2.45) is 0 Å². The highest BCUT2D eigenvalue weighted by molar-refractivity contribution is 6.30. The number of halogens is 1. The first-order chi connectivity index (χ1) is 10.7. The van der Waals surface area contributed by atoms with E-state index in [1.165, 1.54) is 6.20 Å².